The maximum absolute atomic E-state index is 12.5. The molecule has 1 fully saturated rings. The molecule has 1 heterocycles. The van der Waals surface area contributed by atoms with Gasteiger partial charge in [-0.15, -0.1) is 0 Å². The molecule has 28 heavy (non-hydrogen) atoms. The first-order chi connectivity index (χ1) is 13.2. The number of carbonyl (C=O) groups is 1. The van der Waals surface area contributed by atoms with Crippen molar-refractivity contribution in [2.24, 2.45) is 0 Å². The molecule has 1 aliphatic heterocycles. The molecular weight excluding hydrogens is 479 g/mol. The number of alkyl halides is 1. The van der Waals surface area contributed by atoms with Gasteiger partial charge in [0.2, 0.25) is 0 Å². The van der Waals surface area contributed by atoms with E-state index in [1.165, 1.54) is 26.4 Å². The molecule has 3 rings (SSSR count). The molecule has 2 atom stereocenters. The van der Waals surface area contributed by atoms with Gasteiger partial charge in [0.15, 0.2) is 28.6 Å². The lowest BCUT2D eigenvalue weighted by molar-refractivity contribution is -0.153. The number of aliphatic hydroxyl groups is 1. The summed E-state index contributed by atoms with van der Waals surface area (Å²) in [6.45, 7) is 0.0430. The van der Waals surface area contributed by atoms with Gasteiger partial charge in [0.05, 0.1) is 14.2 Å². The number of phenolic OH excluding ortho intramolecular Hbond substituents is 2. The Bertz CT molecular complexity index is 900. The summed E-state index contributed by atoms with van der Waals surface area (Å²) >= 11 is 2.07. The summed E-state index contributed by atoms with van der Waals surface area (Å²) < 4.78 is 14.5. The molecule has 7 nitrogen and oxygen atoms in total. The zero-order valence-electron chi connectivity index (χ0n) is 15.4. The Morgan fingerprint density at radius 1 is 1.00 bits per heavy atom. The lowest BCUT2D eigenvalue weighted by atomic mass is 9.80. The van der Waals surface area contributed by atoms with Crippen molar-refractivity contribution < 1.29 is 34.3 Å². The summed E-state index contributed by atoms with van der Waals surface area (Å²) in [5.41, 5.74) is -0.370. The van der Waals surface area contributed by atoms with Crippen LogP contribution in [-0.4, -0.2) is 51.1 Å². The molecule has 8 heteroatoms. The van der Waals surface area contributed by atoms with Crippen LogP contribution in [0.1, 0.15) is 11.1 Å². The third-order valence-electron chi connectivity index (χ3n) is 4.94. The molecule has 0 bridgehead atoms. The summed E-state index contributed by atoms with van der Waals surface area (Å²) in [5.74, 6) is -0.132. The van der Waals surface area contributed by atoms with E-state index in [-0.39, 0.29) is 30.3 Å². The van der Waals surface area contributed by atoms with E-state index in [4.69, 9.17) is 14.2 Å². The van der Waals surface area contributed by atoms with E-state index in [0.29, 0.717) is 17.7 Å². The Kier molecular flexibility index (Phi) is 5.62. The van der Waals surface area contributed by atoms with Crippen molar-refractivity contribution in [1.82, 2.24) is 0 Å². The monoisotopic (exact) mass is 500 g/mol. The SMILES string of the molecule is COc1cc(CC2(I)COC(=O)[C@@]2(O)Cc2ccc(O)c(OC)c2)ccc1O. The lowest BCUT2D eigenvalue weighted by Crippen LogP contribution is -2.54. The quantitative estimate of drug-likeness (QED) is 0.318. The molecule has 2 aromatic carbocycles. The number of benzene rings is 2. The molecule has 150 valence electrons. The Balaban J connectivity index is 1.92. The smallest absolute Gasteiger partial charge is 0.340 e. The van der Waals surface area contributed by atoms with Crippen LogP contribution in [0.2, 0.25) is 0 Å². The number of aromatic hydroxyl groups is 2. The molecule has 1 saturated heterocycles. The van der Waals surface area contributed by atoms with Gasteiger partial charge in [0, 0.05) is 6.42 Å². The van der Waals surface area contributed by atoms with E-state index in [1.807, 2.05) is 0 Å². The second kappa shape index (κ2) is 7.67. The fraction of sp³-hybridized carbons (Fsp3) is 0.350. The highest BCUT2D eigenvalue weighted by molar-refractivity contribution is 14.1. The summed E-state index contributed by atoms with van der Waals surface area (Å²) in [5, 5.41) is 30.9. The van der Waals surface area contributed by atoms with Crippen LogP contribution >= 0.6 is 22.6 Å². The number of cyclic esters (lactones) is 1. The summed E-state index contributed by atoms with van der Waals surface area (Å²) in [6, 6.07) is 9.56. The Labute approximate surface area is 176 Å². The molecule has 0 spiro atoms. The Morgan fingerprint density at radius 2 is 1.50 bits per heavy atom. The molecule has 0 saturated carbocycles. The van der Waals surface area contributed by atoms with Crippen LogP contribution in [-0.2, 0) is 22.4 Å². The van der Waals surface area contributed by atoms with Crippen LogP contribution in [0, 0.1) is 0 Å². The minimum Gasteiger partial charge on any atom is -0.504 e. The van der Waals surface area contributed by atoms with Crippen LogP contribution in [0.5, 0.6) is 23.0 Å². The molecule has 3 N–H and O–H groups in total. The van der Waals surface area contributed by atoms with Gasteiger partial charge < -0.3 is 29.5 Å². The Morgan fingerprint density at radius 3 is 2.00 bits per heavy atom. The zero-order chi connectivity index (χ0) is 20.5. The van der Waals surface area contributed by atoms with Crippen molar-refractivity contribution in [1.29, 1.82) is 0 Å². The van der Waals surface area contributed by atoms with Crippen molar-refractivity contribution in [3.8, 4) is 23.0 Å². The van der Waals surface area contributed by atoms with E-state index in [2.05, 4.69) is 22.6 Å². The van der Waals surface area contributed by atoms with Gasteiger partial charge in [-0.3, -0.25) is 0 Å². The molecule has 2 aromatic rings. The average molecular weight is 500 g/mol. The van der Waals surface area contributed by atoms with E-state index in [1.54, 1.807) is 24.3 Å². The number of halogens is 1. The first-order valence-electron chi connectivity index (χ1n) is 8.53. The number of esters is 1. The normalized spacial score (nSPS) is 24.1. The standard InChI is InChI=1S/C20H21IO7/c1-26-16-7-12(3-5-14(16)22)9-19(21)11-28-18(24)20(19,25)10-13-4-6-15(23)17(8-13)27-2/h3-8,22-23,25H,9-11H2,1-2H3/t19?,20-/m0/s1. The van der Waals surface area contributed by atoms with E-state index < -0.39 is 15.0 Å². The highest BCUT2D eigenvalue weighted by Gasteiger charge is 2.60. The van der Waals surface area contributed by atoms with E-state index >= 15 is 0 Å². The first kappa shape index (κ1) is 20.5. The number of hydrogen-bond donors (Lipinski definition) is 3. The number of hydrogen-bond acceptors (Lipinski definition) is 7. The fourth-order valence-electron chi connectivity index (χ4n) is 3.31. The van der Waals surface area contributed by atoms with Gasteiger partial charge >= 0.3 is 5.97 Å². The summed E-state index contributed by atoms with van der Waals surface area (Å²) in [7, 11) is 2.88. The predicted molar refractivity (Wildman–Crippen MR) is 109 cm³/mol. The van der Waals surface area contributed by atoms with E-state index in [0.717, 1.165) is 5.56 Å². The molecule has 1 unspecified atom stereocenters. The molecule has 0 amide bonds. The van der Waals surface area contributed by atoms with Crippen molar-refractivity contribution >= 4 is 28.6 Å². The van der Waals surface area contributed by atoms with E-state index in [9.17, 15) is 20.1 Å². The molecule has 0 aromatic heterocycles. The highest BCUT2D eigenvalue weighted by Crippen LogP contribution is 2.45. The van der Waals surface area contributed by atoms with Gasteiger partial charge in [-0.05, 0) is 41.8 Å². The molecule has 0 aliphatic carbocycles. The number of phenols is 2. The third-order valence-corrected chi connectivity index (χ3v) is 6.53. The lowest BCUT2D eigenvalue weighted by Gasteiger charge is -2.33. The van der Waals surface area contributed by atoms with Gasteiger partial charge in [0.1, 0.15) is 10.0 Å². The third kappa shape index (κ3) is 3.58. The van der Waals surface area contributed by atoms with Crippen molar-refractivity contribution in [3.05, 3.63) is 47.5 Å². The van der Waals surface area contributed by atoms with Gasteiger partial charge in [-0.25, -0.2) is 4.79 Å². The van der Waals surface area contributed by atoms with Crippen LogP contribution < -0.4 is 9.47 Å². The van der Waals surface area contributed by atoms with Crippen LogP contribution in [0.15, 0.2) is 36.4 Å². The fourth-order valence-corrected chi connectivity index (χ4v) is 4.32. The maximum Gasteiger partial charge on any atom is 0.340 e. The number of ether oxygens (including phenoxy) is 3. The summed E-state index contributed by atoms with van der Waals surface area (Å²) in [4.78, 5) is 12.5. The van der Waals surface area contributed by atoms with Crippen molar-refractivity contribution in [2.45, 2.75) is 21.9 Å². The predicted octanol–water partition coefficient (Wildman–Crippen LogP) is 2.36. The van der Waals surface area contributed by atoms with Crippen LogP contribution in [0.3, 0.4) is 0 Å². The van der Waals surface area contributed by atoms with Crippen molar-refractivity contribution in [3.63, 3.8) is 0 Å². The topological polar surface area (TPSA) is 105 Å². The number of rotatable bonds is 6. The largest absolute Gasteiger partial charge is 0.504 e. The van der Waals surface area contributed by atoms with Gasteiger partial charge in [-0.2, -0.15) is 0 Å². The highest BCUT2D eigenvalue weighted by atomic mass is 127. The number of carbonyl (C=O) groups excluding carboxylic acids is 1. The second-order valence-electron chi connectivity index (χ2n) is 6.77. The second-order valence-corrected chi connectivity index (χ2v) is 8.83. The van der Waals surface area contributed by atoms with Crippen molar-refractivity contribution in [2.75, 3.05) is 20.8 Å². The average Bonchev–Trinajstić information content (AvgIpc) is 2.89. The van der Waals surface area contributed by atoms with Gasteiger partial charge in [0.25, 0.3) is 0 Å². The summed E-state index contributed by atoms with van der Waals surface area (Å²) in [6.07, 6.45) is 0.322. The molecular formula is C20H21IO7. The van der Waals surface area contributed by atoms with Gasteiger partial charge in [-0.1, -0.05) is 34.7 Å². The first-order valence-corrected chi connectivity index (χ1v) is 9.60. The zero-order valence-corrected chi connectivity index (χ0v) is 17.6. The Hall–Kier alpha value is -2.20. The van der Waals surface area contributed by atoms with Crippen LogP contribution in [0.25, 0.3) is 0 Å². The molecule has 1 aliphatic rings. The molecule has 0 radical (unpaired) electrons. The number of methoxy groups -OCH3 is 2. The minimum atomic E-state index is -1.78. The van der Waals surface area contributed by atoms with Crippen LogP contribution in [0.4, 0.5) is 0 Å². The maximum atomic E-state index is 12.5. The minimum absolute atomic E-state index is 0.000627.